The number of amides is 2. The molecule has 0 bridgehead atoms. The second-order valence-corrected chi connectivity index (χ2v) is 10.0. The molecule has 0 aliphatic carbocycles. The predicted octanol–water partition coefficient (Wildman–Crippen LogP) is 5.64. The summed E-state index contributed by atoms with van der Waals surface area (Å²) in [4.78, 5) is 31.5. The molecule has 3 heterocycles. The molecule has 37 heavy (non-hydrogen) atoms. The van der Waals surface area contributed by atoms with Crippen molar-refractivity contribution in [3.8, 4) is 5.75 Å². The number of ether oxygens (including phenoxy) is 1. The lowest BCUT2D eigenvalue weighted by atomic mass is 10.0. The summed E-state index contributed by atoms with van der Waals surface area (Å²) >= 11 is 1.69. The Kier molecular flexibility index (Phi) is 7.37. The number of fused-ring (bicyclic) bond motifs is 1. The van der Waals surface area contributed by atoms with Gasteiger partial charge in [-0.1, -0.05) is 17.7 Å². The van der Waals surface area contributed by atoms with Crippen LogP contribution >= 0.6 is 11.3 Å². The summed E-state index contributed by atoms with van der Waals surface area (Å²) in [6.45, 7) is 2.84. The van der Waals surface area contributed by atoms with E-state index in [1.165, 1.54) is 40.3 Å². The van der Waals surface area contributed by atoms with Crippen molar-refractivity contribution in [2.75, 3.05) is 19.7 Å². The molecule has 1 aliphatic heterocycles. The lowest BCUT2D eigenvalue weighted by Crippen LogP contribution is -2.47. The molecule has 1 aliphatic rings. The zero-order chi connectivity index (χ0) is 25.8. The van der Waals surface area contributed by atoms with Crippen LogP contribution in [0.4, 0.5) is 4.39 Å². The van der Waals surface area contributed by atoms with Crippen molar-refractivity contribution in [3.05, 3.63) is 112 Å². The Balaban J connectivity index is 1.36. The molecule has 1 atom stereocenters. The van der Waals surface area contributed by atoms with E-state index in [-0.39, 0.29) is 30.9 Å². The van der Waals surface area contributed by atoms with E-state index < -0.39 is 5.82 Å². The second kappa shape index (κ2) is 11.0. The summed E-state index contributed by atoms with van der Waals surface area (Å²) in [5.41, 5.74) is 2.53. The highest BCUT2D eigenvalue weighted by atomic mass is 32.1. The van der Waals surface area contributed by atoms with Gasteiger partial charge in [-0.25, -0.2) is 4.39 Å². The first-order chi connectivity index (χ1) is 18.0. The Morgan fingerprint density at radius 3 is 2.62 bits per heavy atom. The van der Waals surface area contributed by atoms with E-state index in [0.717, 1.165) is 23.3 Å². The Hall–Kier alpha value is -3.91. The van der Waals surface area contributed by atoms with Gasteiger partial charge < -0.3 is 19.0 Å². The van der Waals surface area contributed by atoms with Crippen LogP contribution in [0.1, 0.15) is 38.2 Å². The average molecular weight is 519 g/mol. The molecule has 8 heteroatoms. The Labute approximate surface area is 218 Å². The van der Waals surface area contributed by atoms with E-state index in [1.807, 2.05) is 42.6 Å². The van der Waals surface area contributed by atoms with Crippen LogP contribution in [-0.2, 0) is 17.8 Å². The van der Waals surface area contributed by atoms with E-state index >= 15 is 0 Å². The van der Waals surface area contributed by atoms with Gasteiger partial charge in [0.15, 0.2) is 0 Å². The standard InChI is InChI=1S/C29H27FN2O4S/c1-20-4-10-23(11-5-20)36-19-26-25-13-16-37-27(25)12-14-32(26)28(33)18-31(17-24-3-2-15-35-24)29(34)21-6-8-22(30)9-7-21/h2-11,13,15-16,26H,12,14,17-19H2,1H3/t26-/m0/s1. The van der Waals surface area contributed by atoms with Crippen LogP contribution in [0, 0.1) is 12.7 Å². The minimum atomic E-state index is -0.429. The van der Waals surface area contributed by atoms with E-state index in [4.69, 9.17) is 9.15 Å². The van der Waals surface area contributed by atoms with Gasteiger partial charge in [0.1, 0.15) is 30.5 Å². The minimum Gasteiger partial charge on any atom is -0.491 e. The van der Waals surface area contributed by atoms with Crippen LogP contribution in [0.15, 0.2) is 82.8 Å². The van der Waals surface area contributed by atoms with Gasteiger partial charge in [-0.2, -0.15) is 0 Å². The van der Waals surface area contributed by atoms with Crippen molar-refractivity contribution in [2.24, 2.45) is 0 Å². The first-order valence-corrected chi connectivity index (χ1v) is 13.0. The first-order valence-electron chi connectivity index (χ1n) is 12.1. The highest BCUT2D eigenvalue weighted by molar-refractivity contribution is 7.10. The van der Waals surface area contributed by atoms with Crippen LogP contribution < -0.4 is 4.74 Å². The number of benzene rings is 2. The zero-order valence-electron chi connectivity index (χ0n) is 20.4. The molecule has 0 radical (unpaired) electrons. The maximum atomic E-state index is 13.7. The van der Waals surface area contributed by atoms with E-state index in [9.17, 15) is 14.0 Å². The van der Waals surface area contributed by atoms with Crippen LogP contribution in [0.25, 0.3) is 0 Å². The van der Waals surface area contributed by atoms with Crippen molar-refractivity contribution < 1.29 is 23.1 Å². The summed E-state index contributed by atoms with van der Waals surface area (Å²) in [6.07, 6.45) is 2.28. The molecule has 6 nitrogen and oxygen atoms in total. The number of hydrogen-bond acceptors (Lipinski definition) is 5. The van der Waals surface area contributed by atoms with Gasteiger partial charge in [-0.05, 0) is 78.9 Å². The number of carbonyl (C=O) groups excluding carboxylic acids is 2. The number of rotatable bonds is 8. The summed E-state index contributed by atoms with van der Waals surface area (Å²) < 4.78 is 25.0. The van der Waals surface area contributed by atoms with Crippen molar-refractivity contribution in [1.82, 2.24) is 9.80 Å². The van der Waals surface area contributed by atoms with E-state index in [1.54, 1.807) is 28.4 Å². The number of carbonyl (C=O) groups is 2. The summed E-state index contributed by atoms with van der Waals surface area (Å²) in [7, 11) is 0. The zero-order valence-corrected chi connectivity index (χ0v) is 21.2. The molecule has 190 valence electrons. The van der Waals surface area contributed by atoms with Gasteiger partial charge in [0.2, 0.25) is 5.91 Å². The number of thiophene rings is 1. The molecule has 0 saturated heterocycles. The fourth-order valence-electron chi connectivity index (χ4n) is 4.50. The highest BCUT2D eigenvalue weighted by Crippen LogP contribution is 2.34. The minimum absolute atomic E-state index is 0.122. The van der Waals surface area contributed by atoms with Gasteiger partial charge >= 0.3 is 0 Å². The average Bonchev–Trinajstić information content (AvgIpc) is 3.60. The monoisotopic (exact) mass is 518 g/mol. The quantitative estimate of drug-likeness (QED) is 0.303. The molecule has 0 fully saturated rings. The number of furan rings is 1. The molecule has 5 rings (SSSR count). The van der Waals surface area contributed by atoms with Crippen LogP contribution in [0.2, 0.25) is 0 Å². The second-order valence-electron chi connectivity index (χ2n) is 9.02. The van der Waals surface area contributed by atoms with E-state index in [2.05, 4.69) is 0 Å². The van der Waals surface area contributed by atoms with Gasteiger partial charge in [0, 0.05) is 17.0 Å². The molecule has 4 aromatic rings. The Morgan fingerprint density at radius 2 is 1.89 bits per heavy atom. The summed E-state index contributed by atoms with van der Waals surface area (Å²) in [5, 5.41) is 2.04. The molecule has 0 N–H and O–H groups in total. The lowest BCUT2D eigenvalue weighted by molar-refractivity contribution is -0.135. The maximum absolute atomic E-state index is 13.7. The Morgan fingerprint density at radius 1 is 1.11 bits per heavy atom. The topological polar surface area (TPSA) is 63.0 Å². The summed E-state index contributed by atoms with van der Waals surface area (Å²) in [5.74, 6) is 0.316. The van der Waals surface area contributed by atoms with Crippen LogP contribution in [-0.4, -0.2) is 41.3 Å². The third-order valence-corrected chi connectivity index (χ3v) is 7.47. The molecule has 0 unspecified atom stereocenters. The number of hydrogen-bond donors (Lipinski definition) is 0. The Bertz CT molecular complexity index is 1350. The van der Waals surface area contributed by atoms with E-state index in [0.29, 0.717) is 24.5 Å². The largest absolute Gasteiger partial charge is 0.491 e. The van der Waals surface area contributed by atoms with Gasteiger partial charge in [0.25, 0.3) is 5.91 Å². The number of halogens is 1. The number of nitrogens with zero attached hydrogens (tertiary/aromatic N) is 2. The molecule has 0 saturated carbocycles. The smallest absolute Gasteiger partial charge is 0.254 e. The van der Waals surface area contributed by atoms with Gasteiger partial charge in [-0.15, -0.1) is 11.3 Å². The fraction of sp³-hybridized carbons (Fsp3) is 0.241. The normalized spacial score (nSPS) is 14.8. The fourth-order valence-corrected chi connectivity index (χ4v) is 5.43. The first kappa shape index (κ1) is 24.8. The third-order valence-electron chi connectivity index (χ3n) is 6.48. The van der Waals surface area contributed by atoms with Gasteiger partial charge in [0.05, 0.1) is 18.8 Å². The molecule has 2 aromatic carbocycles. The van der Waals surface area contributed by atoms with Crippen LogP contribution in [0.3, 0.4) is 0 Å². The molecule has 2 amide bonds. The number of aryl methyl sites for hydroxylation is 1. The molecular formula is C29H27FN2O4S. The SMILES string of the molecule is Cc1ccc(OC[C@H]2c3ccsc3CCN2C(=O)CN(Cc2ccco2)C(=O)c2ccc(F)cc2)cc1. The van der Waals surface area contributed by atoms with Crippen molar-refractivity contribution >= 4 is 23.2 Å². The molecule has 0 spiro atoms. The third kappa shape index (κ3) is 5.75. The van der Waals surface area contributed by atoms with Crippen molar-refractivity contribution in [2.45, 2.75) is 25.9 Å². The lowest BCUT2D eigenvalue weighted by Gasteiger charge is -2.37. The molecule has 2 aromatic heterocycles. The maximum Gasteiger partial charge on any atom is 0.254 e. The predicted molar refractivity (Wildman–Crippen MR) is 139 cm³/mol. The van der Waals surface area contributed by atoms with Crippen LogP contribution in [0.5, 0.6) is 5.75 Å². The summed E-state index contributed by atoms with van der Waals surface area (Å²) in [6, 6.07) is 18.4. The van der Waals surface area contributed by atoms with Crippen molar-refractivity contribution in [3.63, 3.8) is 0 Å². The molecular weight excluding hydrogens is 491 g/mol. The highest BCUT2D eigenvalue weighted by Gasteiger charge is 2.34. The van der Waals surface area contributed by atoms with Crippen molar-refractivity contribution in [1.29, 1.82) is 0 Å². The van der Waals surface area contributed by atoms with Gasteiger partial charge in [-0.3, -0.25) is 9.59 Å².